The summed E-state index contributed by atoms with van der Waals surface area (Å²) in [6.07, 6.45) is 4.55. The minimum Gasteiger partial charge on any atom is -0.497 e. The van der Waals surface area contributed by atoms with E-state index in [0.29, 0.717) is 24.8 Å². The number of rotatable bonds is 7. The summed E-state index contributed by atoms with van der Waals surface area (Å²) in [5.74, 6) is 2.48. The van der Waals surface area contributed by atoms with E-state index in [-0.39, 0.29) is 17.7 Å². The Balaban J connectivity index is 1.34. The van der Waals surface area contributed by atoms with Gasteiger partial charge >= 0.3 is 0 Å². The molecule has 0 unspecified atom stereocenters. The van der Waals surface area contributed by atoms with Crippen molar-refractivity contribution in [3.05, 3.63) is 29.8 Å². The number of carbonyl (C=O) groups is 2. The van der Waals surface area contributed by atoms with Gasteiger partial charge in [-0.25, -0.2) is 0 Å². The molecule has 1 aliphatic heterocycles. The molecule has 0 aromatic heterocycles. The second-order valence-electron chi connectivity index (χ2n) is 7.74. The van der Waals surface area contributed by atoms with E-state index in [2.05, 4.69) is 24.4 Å². The molecule has 3 rings (SSSR count). The van der Waals surface area contributed by atoms with E-state index in [4.69, 9.17) is 4.74 Å². The van der Waals surface area contributed by atoms with E-state index in [1.807, 2.05) is 17.0 Å². The molecule has 1 N–H and O–H groups in total. The molecule has 26 heavy (non-hydrogen) atoms. The first kappa shape index (κ1) is 18.7. The van der Waals surface area contributed by atoms with Gasteiger partial charge in [0.15, 0.2) is 0 Å². The maximum atomic E-state index is 12.3. The van der Waals surface area contributed by atoms with Crippen molar-refractivity contribution in [2.24, 2.45) is 17.8 Å². The van der Waals surface area contributed by atoms with Crippen LogP contribution in [0.4, 0.5) is 0 Å². The molecule has 2 amide bonds. The first-order valence-electron chi connectivity index (χ1n) is 9.75. The summed E-state index contributed by atoms with van der Waals surface area (Å²) in [6, 6.07) is 8.26. The molecule has 0 bridgehead atoms. The Labute approximate surface area is 156 Å². The average Bonchev–Trinajstić information content (AvgIpc) is 3.39. The maximum Gasteiger partial charge on any atom is 0.224 e. The van der Waals surface area contributed by atoms with E-state index in [1.165, 1.54) is 5.56 Å². The summed E-state index contributed by atoms with van der Waals surface area (Å²) in [5, 5.41) is 2.90. The Morgan fingerprint density at radius 2 is 1.85 bits per heavy atom. The molecule has 1 heterocycles. The molecule has 1 saturated carbocycles. The van der Waals surface area contributed by atoms with Gasteiger partial charge in [0.25, 0.3) is 0 Å². The number of benzene rings is 1. The van der Waals surface area contributed by atoms with E-state index < -0.39 is 0 Å². The van der Waals surface area contributed by atoms with Gasteiger partial charge in [-0.2, -0.15) is 0 Å². The number of nitrogens with one attached hydrogen (secondary N) is 1. The van der Waals surface area contributed by atoms with Crippen LogP contribution in [-0.2, 0) is 16.0 Å². The van der Waals surface area contributed by atoms with Crippen LogP contribution in [0, 0.1) is 17.8 Å². The fourth-order valence-electron chi connectivity index (χ4n) is 3.75. The standard InChI is InChI=1S/C21H30N2O3/c1-15-13-19(15)21(25)22-10-7-20(24)23-11-8-17(9-12-23)14-16-3-5-18(26-2)6-4-16/h3-6,15,17,19H,7-14H2,1-2H3,(H,22,25)/t15-,19-/m0/s1. The van der Waals surface area contributed by atoms with Crippen LogP contribution in [0.5, 0.6) is 5.75 Å². The number of nitrogens with zero attached hydrogens (tertiary/aromatic N) is 1. The SMILES string of the molecule is COc1ccc(CC2CCN(C(=O)CCNC(=O)[C@H]3C[C@@H]3C)CC2)cc1. The summed E-state index contributed by atoms with van der Waals surface area (Å²) in [6.45, 7) is 4.21. The van der Waals surface area contributed by atoms with E-state index in [0.717, 1.165) is 44.5 Å². The Hall–Kier alpha value is -2.04. The molecule has 5 nitrogen and oxygen atoms in total. The Bertz CT molecular complexity index is 621. The fourth-order valence-corrected chi connectivity index (χ4v) is 3.75. The lowest BCUT2D eigenvalue weighted by atomic mass is 9.90. The highest BCUT2D eigenvalue weighted by Crippen LogP contribution is 2.37. The third-order valence-electron chi connectivity index (χ3n) is 5.74. The second kappa shape index (κ2) is 8.56. The minimum atomic E-state index is 0.114. The number of methoxy groups -OCH3 is 1. The van der Waals surface area contributed by atoms with E-state index >= 15 is 0 Å². The Kier molecular flexibility index (Phi) is 6.17. The zero-order valence-electron chi connectivity index (χ0n) is 15.9. The fraction of sp³-hybridized carbons (Fsp3) is 0.619. The highest BCUT2D eigenvalue weighted by Gasteiger charge is 2.38. The number of amides is 2. The lowest BCUT2D eigenvalue weighted by molar-refractivity contribution is -0.132. The van der Waals surface area contributed by atoms with Crippen LogP contribution in [0.1, 0.15) is 38.2 Å². The van der Waals surface area contributed by atoms with Gasteiger partial charge in [0.05, 0.1) is 7.11 Å². The van der Waals surface area contributed by atoms with Crippen LogP contribution in [-0.4, -0.2) is 43.5 Å². The monoisotopic (exact) mass is 358 g/mol. The highest BCUT2D eigenvalue weighted by molar-refractivity contribution is 5.82. The van der Waals surface area contributed by atoms with Crippen LogP contribution >= 0.6 is 0 Å². The van der Waals surface area contributed by atoms with Crippen molar-refractivity contribution in [2.45, 2.75) is 39.0 Å². The van der Waals surface area contributed by atoms with Crippen molar-refractivity contribution in [1.29, 1.82) is 0 Å². The smallest absolute Gasteiger partial charge is 0.224 e. The number of hydrogen-bond acceptors (Lipinski definition) is 3. The zero-order chi connectivity index (χ0) is 18.5. The van der Waals surface area contributed by atoms with E-state index in [9.17, 15) is 9.59 Å². The lowest BCUT2D eigenvalue weighted by Crippen LogP contribution is -2.40. The van der Waals surface area contributed by atoms with Crippen molar-refractivity contribution in [1.82, 2.24) is 10.2 Å². The molecule has 2 atom stereocenters. The maximum absolute atomic E-state index is 12.3. The highest BCUT2D eigenvalue weighted by atomic mass is 16.5. The normalized spacial score (nSPS) is 22.8. The van der Waals surface area contributed by atoms with Gasteiger partial charge in [-0.15, -0.1) is 0 Å². The van der Waals surface area contributed by atoms with Crippen LogP contribution < -0.4 is 10.1 Å². The molecule has 2 aliphatic rings. The van der Waals surface area contributed by atoms with Gasteiger partial charge in [0, 0.05) is 32.0 Å². The van der Waals surface area contributed by atoms with Gasteiger partial charge in [0.2, 0.25) is 11.8 Å². The Morgan fingerprint density at radius 1 is 1.19 bits per heavy atom. The molecule has 1 saturated heterocycles. The van der Waals surface area contributed by atoms with Gasteiger partial charge in [0.1, 0.15) is 5.75 Å². The third-order valence-corrected chi connectivity index (χ3v) is 5.74. The van der Waals surface area contributed by atoms with Crippen LogP contribution in [0.2, 0.25) is 0 Å². The van der Waals surface area contributed by atoms with Crippen molar-refractivity contribution in [2.75, 3.05) is 26.7 Å². The average molecular weight is 358 g/mol. The molecule has 1 aromatic carbocycles. The van der Waals surface area contributed by atoms with Crippen molar-refractivity contribution < 1.29 is 14.3 Å². The molecule has 1 aromatic rings. The number of piperidine rings is 1. The van der Waals surface area contributed by atoms with Crippen molar-refractivity contribution in [3.63, 3.8) is 0 Å². The molecule has 1 aliphatic carbocycles. The molecule has 5 heteroatoms. The minimum absolute atomic E-state index is 0.114. The van der Waals surface area contributed by atoms with Gasteiger partial charge in [-0.1, -0.05) is 19.1 Å². The first-order valence-corrected chi connectivity index (χ1v) is 9.75. The second-order valence-corrected chi connectivity index (χ2v) is 7.74. The molecule has 0 spiro atoms. The van der Waals surface area contributed by atoms with Crippen LogP contribution in [0.25, 0.3) is 0 Å². The van der Waals surface area contributed by atoms with Gasteiger partial charge < -0.3 is 15.0 Å². The molecular weight excluding hydrogens is 328 g/mol. The molecular formula is C21H30N2O3. The van der Waals surface area contributed by atoms with E-state index in [1.54, 1.807) is 7.11 Å². The predicted octanol–water partition coefficient (Wildman–Crippen LogP) is 2.64. The number of ether oxygens (including phenoxy) is 1. The summed E-state index contributed by atoms with van der Waals surface area (Å²) in [5.41, 5.74) is 1.33. The number of hydrogen-bond donors (Lipinski definition) is 1. The molecule has 142 valence electrons. The topological polar surface area (TPSA) is 58.6 Å². The van der Waals surface area contributed by atoms with Crippen molar-refractivity contribution >= 4 is 11.8 Å². The summed E-state index contributed by atoms with van der Waals surface area (Å²) in [7, 11) is 1.68. The number of carbonyl (C=O) groups excluding carboxylic acids is 2. The molecule has 0 radical (unpaired) electrons. The van der Waals surface area contributed by atoms with Crippen molar-refractivity contribution in [3.8, 4) is 5.75 Å². The zero-order valence-corrected chi connectivity index (χ0v) is 15.9. The Morgan fingerprint density at radius 3 is 2.42 bits per heavy atom. The third kappa shape index (κ3) is 4.99. The largest absolute Gasteiger partial charge is 0.497 e. The molecule has 2 fully saturated rings. The summed E-state index contributed by atoms with van der Waals surface area (Å²) >= 11 is 0. The van der Waals surface area contributed by atoms with Gasteiger partial charge in [-0.3, -0.25) is 9.59 Å². The summed E-state index contributed by atoms with van der Waals surface area (Å²) in [4.78, 5) is 26.1. The first-order chi connectivity index (χ1) is 12.6. The predicted molar refractivity (Wildman–Crippen MR) is 101 cm³/mol. The quantitative estimate of drug-likeness (QED) is 0.815. The summed E-state index contributed by atoms with van der Waals surface area (Å²) < 4.78 is 5.20. The lowest BCUT2D eigenvalue weighted by Gasteiger charge is -2.32. The number of likely N-dealkylation sites (tertiary alicyclic amines) is 1. The van der Waals surface area contributed by atoms with Gasteiger partial charge in [-0.05, 0) is 55.2 Å². The van der Waals surface area contributed by atoms with Crippen LogP contribution in [0.15, 0.2) is 24.3 Å². The van der Waals surface area contributed by atoms with Crippen LogP contribution in [0.3, 0.4) is 0 Å².